The van der Waals surface area contributed by atoms with Gasteiger partial charge in [-0.3, -0.25) is 4.98 Å². The third-order valence-corrected chi connectivity index (χ3v) is 3.42. The van der Waals surface area contributed by atoms with Crippen molar-refractivity contribution >= 4 is 11.8 Å². The van der Waals surface area contributed by atoms with E-state index in [4.69, 9.17) is 9.68 Å². The molecule has 0 aliphatic carbocycles. The lowest BCUT2D eigenvalue weighted by molar-refractivity contribution is 0.530. The molecule has 86 valence electrons. The van der Waals surface area contributed by atoms with Crippen LogP contribution in [-0.2, 0) is 5.75 Å². The van der Waals surface area contributed by atoms with Crippen LogP contribution >= 0.6 is 11.8 Å². The van der Waals surface area contributed by atoms with E-state index in [1.165, 1.54) is 0 Å². The molecule has 2 aromatic heterocycles. The van der Waals surface area contributed by atoms with Crippen LogP contribution in [0.5, 0.6) is 0 Å². The van der Waals surface area contributed by atoms with Crippen molar-refractivity contribution in [1.82, 2.24) is 4.98 Å². The van der Waals surface area contributed by atoms with Gasteiger partial charge < -0.3 is 4.42 Å². The van der Waals surface area contributed by atoms with Gasteiger partial charge in [0.25, 0.3) is 0 Å². The molecule has 2 aromatic rings. The molecule has 2 heterocycles. The van der Waals surface area contributed by atoms with E-state index in [2.05, 4.69) is 11.1 Å². The first-order chi connectivity index (χ1) is 8.20. The maximum absolute atomic E-state index is 9.12. The van der Waals surface area contributed by atoms with Crippen molar-refractivity contribution in [3.05, 3.63) is 47.2 Å². The van der Waals surface area contributed by atoms with E-state index in [1.807, 2.05) is 32.0 Å². The van der Waals surface area contributed by atoms with Crippen LogP contribution in [0.4, 0.5) is 0 Å². The average molecular weight is 244 g/mol. The lowest BCUT2D eigenvalue weighted by Crippen LogP contribution is -1.94. The molecule has 0 saturated carbocycles. The Bertz CT molecular complexity index is 556. The van der Waals surface area contributed by atoms with Gasteiger partial charge in [0.1, 0.15) is 11.8 Å². The minimum atomic E-state index is 0.659. The minimum absolute atomic E-state index is 0.659. The summed E-state index contributed by atoms with van der Waals surface area (Å²) in [5.41, 5.74) is 2.38. The van der Waals surface area contributed by atoms with Crippen molar-refractivity contribution in [2.24, 2.45) is 0 Å². The highest BCUT2D eigenvalue weighted by Crippen LogP contribution is 2.28. The number of aromatic nitrogens is 1. The number of rotatable bonds is 3. The second-order valence-corrected chi connectivity index (χ2v) is 4.72. The predicted molar refractivity (Wildman–Crippen MR) is 66.7 cm³/mol. The Balaban J connectivity index is 2.23. The molecule has 2 rings (SSSR count). The van der Waals surface area contributed by atoms with E-state index in [-0.39, 0.29) is 0 Å². The standard InChI is InChI=1S/C13H12N2OS/c1-9-6-13(12(7-14)10(2)15-9)17-8-11-4-3-5-16-11/h3-6H,8H2,1-2H3. The molecule has 17 heavy (non-hydrogen) atoms. The summed E-state index contributed by atoms with van der Waals surface area (Å²) >= 11 is 1.60. The number of hydrogen-bond acceptors (Lipinski definition) is 4. The van der Waals surface area contributed by atoms with Gasteiger partial charge in [-0.15, -0.1) is 11.8 Å². The highest BCUT2D eigenvalue weighted by atomic mass is 32.2. The van der Waals surface area contributed by atoms with Gasteiger partial charge in [-0.2, -0.15) is 5.26 Å². The van der Waals surface area contributed by atoms with Gasteiger partial charge in [-0.05, 0) is 32.0 Å². The van der Waals surface area contributed by atoms with Crippen molar-refractivity contribution < 1.29 is 4.42 Å². The third-order valence-electron chi connectivity index (χ3n) is 2.35. The molecule has 0 aromatic carbocycles. The summed E-state index contributed by atoms with van der Waals surface area (Å²) in [6.07, 6.45) is 1.66. The van der Waals surface area contributed by atoms with Crippen LogP contribution in [0.25, 0.3) is 0 Å². The first kappa shape index (κ1) is 11.7. The van der Waals surface area contributed by atoms with Gasteiger partial charge in [0, 0.05) is 10.6 Å². The molecule has 0 radical (unpaired) electrons. The Kier molecular flexibility index (Phi) is 3.50. The summed E-state index contributed by atoms with van der Waals surface area (Å²) in [7, 11) is 0. The summed E-state index contributed by atoms with van der Waals surface area (Å²) in [6.45, 7) is 3.80. The molecule has 0 bridgehead atoms. The van der Waals surface area contributed by atoms with E-state index in [0.717, 1.165) is 27.8 Å². The topological polar surface area (TPSA) is 49.8 Å². The molecule has 0 fully saturated rings. The van der Waals surface area contributed by atoms with Crippen molar-refractivity contribution in [1.29, 1.82) is 5.26 Å². The van der Waals surface area contributed by atoms with Crippen molar-refractivity contribution in [2.45, 2.75) is 24.5 Å². The first-order valence-electron chi connectivity index (χ1n) is 5.24. The largest absolute Gasteiger partial charge is 0.468 e. The fraction of sp³-hybridized carbons (Fsp3) is 0.231. The molecule has 4 heteroatoms. The quantitative estimate of drug-likeness (QED) is 0.776. The Labute approximate surface area is 104 Å². The highest BCUT2D eigenvalue weighted by molar-refractivity contribution is 7.98. The molecule has 0 atom stereocenters. The van der Waals surface area contributed by atoms with E-state index in [1.54, 1.807) is 18.0 Å². The van der Waals surface area contributed by atoms with Crippen LogP contribution in [0.15, 0.2) is 33.8 Å². The van der Waals surface area contributed by atoms with E-state index < -0.39 is 0 Å². The second kappa shape index (κ2) is 5.07. The highest BCUT2D eigenvalue weighted by Gasteiger charge is 2.09. The van der Waals surface area contributed by atoms with Crippen LogP contribution in [0.2, 0.25) is 0 Å². The Hall–Kier alpha value is -1.73. The summed E-state index contributed by atoms with van der Waals surface area (Å²) in [4.78, 5) is 5.26. The summed E-state index contributed by atoms with van der Waals surface area (Å²) in [5, 5.41) is 9.12. The zero-order valence-electron chi connectivity index (χ0n) is 9.73. The van der Waals surface area contributed by atoms with Gasteiger partial charge in [-0.1, -0.05) is 0 Å². The average Bonchev–Trinajstić information content (AvgIpc) is 2.78. The molecule has 0 aliphatic heterocycles. The smallest absolute Gasteiger partial charge is 0.113 e. The molecule has 3 nitrogen and oxygen atoms in total. The van der Waals surface area contributed by atoms with Crippen molar-refractivity contribution in [3.8, 4) is 6.07 Å². The molecular weight excluding hydrogens is 232 g/mol. The Morgan fingerprint density at radius 2 is 2.29 bits per heavy atom. The van der Waals surface area contributed by atoms with Gasteiger partial charge in [0.2, 0.25) is 0 Å². The van der Waals surface area contributed by atoms with Gasteiger partial charge in [-0.25, -0.2) is 0 Å². The number of furan rings is 1. The maximum Gasteiger partial charge on any atom is 0.113 e. The van der Waals surface area contributed by atoms with Crippen LogP contribution in [0.1, 0.15) is 22.7 Å². The van der Waals surface area contributed by atoms with E-state index in [0.29, 0.717) is 5.56 Å². The van der Waals surface area contributed by atoms with Crippen LogP contribution in [0.3, 0.4) is 0 Å². The second-order valence-electron chi connectivity index (χ2n) is 3.70. The third kappa shape index (κ3) is 2.69. The summed E-state index contributed by atoms with van der Waals surface area (Å²) in [6, 6.07) is 7.95. The minimum Gasteiger partial charge on any atom is -0.468 e. The fourth-order valence-corrected chi connectivity index (χ4v) is 2.64. The summed E-state index contributed by atoms with van der Waals surface area (Å²) in [5.74, 6) is 1.64. The summed E-state index contributed by atoms with van der Waals surface area (Å²) < 4.78 is 5.27. The molecule has 0 spiro atoms. The monoisotopic (exact) mass is 244 g/mol. The molecule has 0 saturated heterocycles. The molecular formula is C13H12N2OS. The number of hydrogen-bond donors (Lipinski definition) is 0. The SMILES string of the molecule is Cc1cc(SCc2ccco2)c(C#N)c(C)n1. The number of thioether (sulfide) groups is 1. The lowest BCUT2D eigenvalue weighted by Gasteiger charge is -2.06. The molecule has 0 amide bonds. The molecule has 0 unspecified atom stereocenters. The first-order valence-corrected chi connectivity index (χ1v) is 6.23. The van der Waals surface area contributed by atoms with Crippen LogP contribution in [-0.4, -0.2) is 4.98 Å². The Morgan fingerprint density at radius 3 is 2.94 bits per heavy atom. The fourth-order valence-electron chi connectivity index (χ4n) is 1.59. The number of nitriles is 1. The van der Waals surface area contributed by atoms with Crippen LogP contribution in [0, 0.1) is 25.2 Å². The number of pyridine rings is 1. The van der Waals surface area contributed by atoms with Gasteiger partial charge >= 0.3 is 0 Å². The predicted octanol–water partition coefficient (Wildman–Crippen LogP) is 3.46. The molecule has 0 N–H and O–H groups in total. The normalized spacial score (nSPS) is 10.2. The zero-order valence-corrected chi connectivity index (χ0v) is 10.5. The van der Waals surface area contributed by atoms with Gasteiger partial charge in [0.05, 0.1) is 23.3 Å². The van der Waals surface area contributed by atoms with Crippen molar-refractivity contribution in [2.75, 3.05) is 0 Å². The lowest BCUT2D eigenvalue weighted by atomic mass is 10.2. The van der Waals surface area contributed by atoms with Crippen molar-refractivity contribution in [3.63, 3.8) is 0 Å². The number of nitrogens with zero attached hydrogens (tertiary/aromatic N) is 2. The number of aryl methyl sites for hydroxylation is 2. The van der Waals surface area contributed by atoms with Crippen LogP contribution < -0.4 is 0 Å². The van der Waals surface area contributed by atoms with E-state index >= 15 is 0 Å². The molecule has 0 aliphatic rings. The maximum atomic E-state index is 9.12. The Morgan fingerprint density at radius 1 is 1.47 bits per heavy atom. The zero-order chi connectivity index (χ0) is 12.3. The van der Waals surface area contributed by atoms with E-state index in [9.17, 15) is 0 Å². The van der Waals surface area contributed by atoms with Gasteiger partial charge in [0.15, 0.2) is 0 Å².